The molecule has 37 heavy (non-hydrogen) atoms. The molecule has 1 aliphatic heterocycles. The average molecular weight is 509 g/mol. The standard InChI is InChI=1S/C29H34F2N4O2/c1-19-24(14-23(16-33-19)34-27(36)21-8-9-32-26(13-21)28(2,3)4)20-6-7-22-15-29(31,17-30)18-35(10-11-37-5)25(22)12-20/h6-9,12-14,16H,10-11,15,17-18H2,1-5H3,(H,34,36)/t29-/m1/s1. The van der Waals surface area contributed by atoms with Crippen LogP contribution in [0.15, 0.2) is 48.8 Å². The van der Waals surface area contributed by atoms with E-state index < -0.39 is 12.3 Å². The maximum atomic E-state index is 15.0. The fraction of sp³-hybridized carbons (Fsp3) is 0.414. The van der Waals surface area contributed by atoms with Crippen LogP contribution in [0.4, 0.5) is 20.2 Å². The summed E-state index contributed by atoms with van der Waals surface area (Å²) in [6, 6.07) is 11.1. The van der Waals surface area contributed by atoms with Gasteiger partial charge in [0.05, 0.1) is 25.0 Å². The number of aryl methyl sites for hydroxylation is 1. The minimum absolute atomic E-state index is 0.0262. The molecule has 4 rings (SSSR count). The number of pyridine rings is 2. The van der Waals surface area contributed by atoms with E-state index in [0.717, 1.165) is 33.8 Å². The summed E-state index contributed by atoms with van der Waals surface area (Å²) in [7, 11) is 1.59. The lowest BCUT2D eigenvalue weighted by Gasteiger charge is -2.39. The molecule has 0 unspecified atom stereocenters. The van der Waals surface area contributed by atoms with E-state index in [0.29, 0.717) is 24.4 Å². The second-order valence-electron chi connectivity index (χ2n) is 10.7. The lowest BCUT2D eigenvalue weighted by molar-refractivity contribution is 0.102. The van der Waals surface area contributed by atoms with E-state index in [-0.39, 0.29) is 24.3 Å². The van der Waals surface area contributed by atoms with Gasteiger partial charge in [-0.3, -0.25) is 14.8 Å². The van der Waals surface area contributed by atoms with Gasteiger partial charge in [-0.2, -0.15) is 0 Å². The monoisotopic (exact) mass is 508 g/mol. The van der Waals surface area contributed by atoms with E-state index in [1.54, 1.807) is 31.6 Å². The van der Waals surface area contributed by atoms with Crippen molar-refractivity contribution in [2.45, 2.75) is 45.2 Å². The van der Waals surface area contributed by atoms with Crippen molar-refractivity contribution >= 4 is 17.3 Å². The molecule has 1 aliphatic rings. The van der Waals surface area contributed by atoms with Crippen LogP contribution in [0.3, 0.4) is 0 Å². The second kappa shape index (κ2) is 10.5. The fourth-order valence-corrected chi connectivity index (χ4v) is 4.57. The first kappa shape index (κ1) is 26.7. The number of methoxy groups -OCH3 is 1. The summed E-state index contributed by atoms with van der Waals surface area (Å²) in [5.74, 6) is -0.244. The van der Waals surface area contributed by atoms with E-state index in [4.69, 9.17) is 4.74 Å². The average Bonchev–Trinajstić information content (AvgIpc) is 2.87. The highest BCUT2D eigenvalue weighted by Gasteiger charge is 2.38. The number of fused-ring (bicyclic) bond motifs is 1. The quantitative estimate of drug-likeness (QED) is 0.444. The van der Waals surface area contributed by atoms with Crippen molar-refractivity contribution < 1.29 is 18.3 Å². The molecule has 2 aromatic heterocycles. The molecule has 1 atom stereocenters. The van der Waals surface area contributed by atoms with Gasteiger partial charge in [-0.25, -0.2) is 8.78 Å². The highest BCUT2D eigenvalue weighted by molar-refractivity contribution is 6.04. The van der Waals surface area contributed by atoms with Crippen molar-refractivity contribution in [3.8, 4) is 11.1 Å². The van der Waals surface area contributed by atoms with Gasteiger partial charge in [0.15, 0.2) is 5.67 Å². The molecule has 3 heterocycles. The van der Waals surface area contributed by atoms with Crippen LogP contribution in [0, 0.1) is 6.92 Å². The minimum atomic E-state index is -1.91. The predicted molar refractivity (Wildman–Crippen MR) is 143 cm³/mol. The molecule has 1 N–H and O–H groups in total. The van der Waals surface area contributed by atoms with Gasteiger partial charge in [0.2, 0.25) is 0 Å². The molecule has 3 aromatic rings. The Balaban J connectivity index is 1.63. The maximum Gasteiger partial charge on any atom is 0.255 e. The lowest BCUT2D eigenvalue weighted by atomic mass is 9.89. The van der Waals surface area contributed by atoms with Crippen molar-refractivity contribution in [3.05, 3.63) is 71.3 Å². The van der Waals surface area contributed by atoms with Crippen molar-refractivity contribution in [2.75, 3.05) is 43.7 Å². The highest BCUT2D eigenvalue weighted by Crippen LogP contribution is 2.38. The molecule has 8 heteroatoms. The number of aromatic nitrogens is 2. The first-order valence-corrected chi connectivity index (χ1v) is 12.4. The Kier molecular flexibility index (Phi) is 7.59. The van der Waals surface area contributed by atoms with Gasteiger partial charge in [-0.15, -0.1) is 0 Å². The number of halogens is 2. The van der Waals surface area contributed by atoms with Crippen LogP contribution in [-0.2, 0) is 16.6 Å². The summed E-state index contributed by atoms with van der Waals surface area (Å²) >= 11 is 0. The van der Waals surface area contributed by atoms with Crippen LogP contribution in [0.2, 0.25) is 0 Å². The molecular formula is C29H34F2N4O2. The molecule has 0 radical (unpaired) electrons. The molecular weight excluding hydrogens is 474 g/mol. The second-order valence-corrected chi connectivity index (χ2v) is 10.7. The molecule has 6 nitrogen and oxygen atoms in total. The Hall–Kier alpha value is -3.39. The van der Waals surface area contributed by atoms with Gasteiger partial charge in [-0.05, 0) is 42.3 Å². The topological polar surface area (TPSA) is 67.3 Å². The summed E-state index contributed by atoms with van der Waals surface area (Å²) in [5, 5.41) is 2.94. The Morgan fingerprint density at radius 3 is 2.68 bits per heavy atom. The first-order chi connectivity index (χ1) is 17.5. The number of nitrogens with one attached hydrogen (secondary N) is 1. The number of carbonyl (C=O) groups is 1. The number of rotatable bonds is 7. The summed E-state index contributed by atoms with van der Waals surface area (Å²) < 4.78 is 33.8. The van der Waals surface area contributed by atoms with Crippen LogP contribution >= 0.6 is 0 Å². The zero-order valence-electron chi connectivity index (χ0n) is 22.1. The molecule has 196 valence electrons. The first-order valence-electron chi connectivity index (χ1n) is 12.4. The Bertz CT molecular complexity index is 1290. The number of alkyl halides is 2. The SMILES string of the molecule is COCCN1C[C@](F)(CF)Cc2ccc(-c3cc(NC(=O)c4ccnc(C(C)(C)C)c4)cnc3C)cc21. The Morgan fingerprint density at radius 2 is 1.97 bits per heavy atom. The zero-order chi connectivity index (χ0) is 26.8. The lowest BCUT2D eigenvalue weighted by Crippen LogP contribution is -2.48. The summed E-state index contributed by atoms with van der Waals surface area (Å²) in [6.07, 6.45) is 3.30. The number of carbonyl (C=O) groups excluding carboxylic acids is 1. The zero-order valence-corrected chi connectivity index (χ0v) is 22.1. The molecule has 1 aromatic carbocycles. The van der Waals surface area contributed by atoms with E-state index >= 15 is 4.39 Å². The van der Waals surface area contributed by atoms with Crippen LogP contribution in [0.25, 0.3) is 11.1 Å². The molecule has 0 fully saturated rings. The molecule has 0 spiro atoms. The summed E-state index contributed by atoms with van der Waals surface area (Å²) in [6.45, 7) is 7.84. The predicted octanol–water partition coefficient (Wildman–Crippen LogP) is 5.69. The van der Waals surface area contributed by atoms with E-state index in [1.165, 1.54) is 0 Å². The number of hydrogen-bond acceptors (Lipinski definition) is 5. The molecule has 1 amide bonds. The third kappa shape index (κ3) is 5.96. The molecule has 0 saturated heterocycles. The van der Waals surface area contributed by atoms with E-state index in [1.807, 2.05) is 56.9 Å². The van der Waals surface area contributed by atoms with Gasteiger partial charge in [0, 0.05) is 59.9 Å². The van der Waals surface area contributed by atoms with Gasteiger partial charge < -0.3 is 15.0 Å². The van der Waals surface area contributed by atoms with Crippen LogP contribution in [0.1, 0.15) is 48.1 Å². The van der Waals surface area contributed by atoms with Gasteiger partial charge in [0.25, 0.3) is 5.91 Å². The van der Waals surface area contributed by atoms with E-state index in [2.05, 4.69) is 15.3 Å². The fourth-order valence-electron chi connectivity index (χ4n) is 4.57. The summed E-state index contributed by atoms with van der Waals surface area (Å²) in [5.41, 5.74) is 3.97. The molecule has 0 saturated carbocycles. The Labute approximate surface area is 217 Å². The maximum absolute atomic E-state index is 15.0. The number of hydrogen-bond donors (Lipinski definition) is 1. The van der Waals surface area contributed by atoms with Crippen LogP contribution < -0.4 is 10.2 Å². The minimum Gasteiger partial charge on any atom is -0.383 e. The number of benzene rings is 1. The van der Waals surface area contributed by atoms with Gasteiger partial charge in [0.1, 0.15) is 6.67 Å². The normalized spacial score (nSPS) is 17.4. The number of anilines is 2. The van der Waals surface area contributed by atoms with Gasteiger partial charge in [-0.1, -0.05) is 32.9 Å². The number of nitrogens with zero attached hydrogens (tertiary/aromatic N) is 3. The van der Waals surface area contributed by atoms with Crippen molar-refractivity contribution in [1.82, 2.24) is 9.97 Å². The highest BCUT2D eigenvalue weighted by atomic mass is 19.2. The smallest absolute Gasteiger partial charge is 0.255 e. The van der Waals surface area contributed by atoms with Crippen molar-refractivity contribution in [1.29, 1.82) is 0 Å². The van der Waals surface area contributed by atoms with Gasteiger partial charge >= 0.3 is 0 Å². The molecule has 0 bridgehead atoms. The third-order valence-corrected chi connectivity index (χ3v) is 6.66. The third-order valence-electron chi connectivity index (χ3n) is 6.66. The largest absolute Gasteiger partial charge is 0.383 e. The molecule has 0 aliphatic carbocycles. The number of ether oxygens (including phenoxy) is 1. The van der Waals surface area contributed by atoms with Crippen LogP contribution in [-0.4, -0.2) is 55.0 Å². The number of amides is 1. The van der Waals surface area contributed by atoms with Crippen LogP contribution in [0.5, 0.6) is 0 Å². The van der Waals surface area contributed by atoms with Crippen molar-refractivity contribution in [3.63, 3.8) is 0 Å². The Morgan fingerprint density at radius 1 is 1.19 bits per heavy atom. The summed E-state index contributed by atoms with van der Waals surface area (Å²) in [4.78, 5) is 23.7. The van der Waals surface area contributed by atoms with Crippen molar-refractivity contribution in [2.24, 2.45) is 0 Å². The van der Waals surface area contributed by atoms with E-state index in [9.17, 15) is 9.18 Å².